The lowest BCUT2D eigenvalue weighted by molar-refractivity contribution is 0.241. The van der Waals surface area contributed by atoms with Gasteiger partial charge in [-0.2, -0.15) is 5.26 Å². The number of hydrogen-bond acceptors (Lipinski definition) is 4. The lowest BCUT2D eigenvalue weighted by atomic mass is 10.2. The maximum atomic E-state index is 10.4. The third-order valence-corrected chi connectivity index (χ3v) is 10.8. The van der Waals surface area contributed by atoms with Gasteiger partial charge in [0, 0.05) is 14.1 Å². The molecule has 0 spiro atoms. The number of imidazole rings is 1. The molecule has 0 saturated carbocycles. The number of aromatic nitrogens is 2. The second kappa shape index (κ2) is 11.1. The molecule has 0 unspecified atom stereocenters. The van der Waals surface area contributed by atoms with Crippen LogP contribution in [-0.4, -0.2) is 49.7 Å². The van der Waals surface area contributed by atoms with Crippen LogP contribution in [0.2, 0.25) is 5.04 Å². The summed E-state index contributed by atoms with van der Waals surface area (Å²) < 4.78 is 8.84. The summed E-state index contributed by atoms with van der Waals surface area (Å²) in [4.78, 5) is 14.5. The number of benzene rings is 2. The predicted molar refractivity (Wildman–Crippen MR) is 143 cm³/mol. The van der Waals surface area contributed by atoms with Crippen LogP contribution in [-0.2, 0) is 11.0 Å². The van der Waals surface area contributed by atoms with Crippen molar-refractivity contribution in [1.29, 1.82) is 5.26 Å². The van der Waals surface area contributed by atoms with Crippen molar-refractivity contribution < 1.29 is 4.43 Å². The second-order valence-electron chi connectivity index (χ2n) is 9.53. The summed E-state index contributed by atoms with van der Waals surface area (Å²) in [6.45, 7) is 14.4. The quantitative estimate of drug-likeness (QED) is 0.198. The maximum absolute atomic E-state index is 10.4. The molecular weight excluding hydrogens is 452 g/mol. The van der Waals surface area contributed by atoms with Gasteiger partial charge in [-0.05, 0) is 15.4 Å². The molecule has 0 radical (unpaired) electrons. The summed E-state index contributed by atoms with van der Waals surface area (Å²) in [7, 11) is 0.775. The molecule has 3 rings (SSSR count). The van der Waals surface area contributed by atoms with E-state index in [0.717, 1.165) is 10.4 Å². The standard InChI is InChI=1S/C27H32N6OSi/c1-27(2,3)35(22-13-9-7-10-14-22,23-15-11-8-12-16-23)34-24(19-28)25-26(31-20-32(5)6)33(21-30-25)18-17-29-4/h7-16,20-21,24H,17-18H2,1-3,5-6H3/b31-20+/t24-/m1/s1. The SMILES string of the molecule is [C-]#[N+]CCn1cnc([C@@H](C#N)O[Si](c2ccccc2)(c2ccccc2)C(C)(C)C)c1/N=C/N(C)C. The van der Waals surface area contributed by atoms with Crippen LogP contribution in [0.25, 0.3) is 4.85 Å². The highest BCUT2D eigenvalue weighted by Crippen LogP contribution is 2.40. The molecule has 0 bridgehead atoms. The van der Waals surface area contributed by atoms with Crippen molar-refractivity contribution in [3.63, 3.8) is 0 Å². The first-order valence-electron chi connectivity index (χ1n) is 11.5. The van der Waals surface area contributed by atoms with Crippen LogP contribution in [0.15, 0.2) is 72.0 Å². The molecule has 35 heavy (non-hydrogen) atoms. The Morgan fingerprint density at radius 2 is 1.71 bits per heavy atom. The largest absolute Gasteiger partial charge is 0.387 e. The van der Waals surface area contributed by atoms with Crippen LogP contribution in [0.1, 0.15) is 32.6 Å². The zero-order valence-electron chi connectivity index (χ0n) is 21.0. The lowest BCUT2D eigenvalue weighted by Gasteiger charge is -2.43. The van der Waals surface area contributed by atoms with Gasteiger partial charge in [0.05, 0.1) is 19.2 Å². The van der Waals surface area contributed by atoms with Crippen molar-refractivity contribution in [2.24, 2.45) is 4.99 Å². The molecule has 7 nitrogen and oxygen atoms in total. The smallest absolute Gasteiger partial charge is 0.263 e. The Balaban J connectivity index is 2.21. The minimum atomic E-state index is -2.98. The van der Waals surface area contributed by atoms with Gasteiger partial charge in [0.2, 0.25) is 6.54 Å². The van der Waals surface area contributed by atoms with E-state index in [-0.39, 0.29) is 5.04 Å². The van der Waals surface area contributed by atoms with E-state index >= 15 is 0 Å². The van der Waals surface area contributed by atoms with E-state index in [9.17, 15) is 5.26 Å². The van der Waals surface area contributed by atoms with Gasteiger partial charge in [0.15, 0.2) is 11.9 Å². The highest BCUT2D eigenvalue weighted by Gasteiger charge is 2.52. The molecule has 0 aliphatic heterocycles. The Bertz CT molecular complexity index is 1180. The van der Waals surface area contributed by atoms with E-state index in [1.807, 2.05) is 60.0 Å². The number of rotatable bonds is 9. The first-order valence-corrected chi connectivity index (χ1v) is 13.4. The Morgan fingerprint density at radius 3 is 2.17 bits per heavy atom. The van der Waals surface area contributed by atoms with E-state index in [4.69, 9.17) is 11.0 Å². The minimum absolute atomic E-state index is 0.287. The average molecular weight is 485 g/mol. The van der Waals surface area contributed by atoms with Crippen LogP contribution in [0.4, 0.5) is 5.82 Å². The topological polar surface area (TPSA) is 70.8 Å². The van der Waals surface area contributed by atoms with Gasteiger partial charge >= 0.3 is 0 Å². The molecule has 0 amide bonds. The van der Waals surface area contributed by atoms with Gasteiger partial charge in [0.25, 0.3) is 8.32 Å². The molecule has 3 aromatic rings. The Morgan fingerprint density at radius 1 is 1.14 bits per heavy atom. The summed E-state index contributed by atoms with van der Waals surface area (Å²) in [6, 6.07) is 22.8. The molecule has 2 aromatic carbocycles. The van der Waals surface area contributed by atoms with Crippen molar-refractivity contribution in [3.8, 4) is 6.07 Å². The number of hydrogen-bond donors (Lipinski definition) is 0. The van der Waals surface area contributed by atoms with Crippen LogP contribution >= 0.6 is 0 Å². The van der Waals surface area contributed by atoms with Crippen molar-refractivity contribution >= 4 is 30.8 Å². The highest BCUT2D eigenvalue weighted by atomic mass is 28.4. The lowest BCUT2D eigenvalue weighted by Crippen LogP contribution is -2.66. The number of nitrogens with zero attached hydrogens (tertiary/aromatic N) is 6. The van der Waals surface area contributed by atoms with Crippen molar-refractivity contribution in [3.05, 3.63) is 84.1 Å². The van der Waals surface area contributed by atoms with Crippen LogP contribution in [0, 0.1) is 17.9 Å². The van der Waals surface area contributed by atoms with E-state index in [2.05, 4.69) is 65.9 Å². The summed E-state index contributed by atoms with van der Waals surface area (Å²) in [5.74, 6) is 0.534. The Labute approximate surface area is 209 Å². The summed E-state index contributed by atoms with van der Waals surface area (Å²) >= 11 is 0. The fourth-order valence-corrected chi connectivity index (χ4v) is 8.75. The van der Waals surface area contributed by atoms with Gasteiger partial charge in [-0.3, -0.25) is 0 Å². The van der Waals surface area contributed by atoms with Crippen molar-refractivity contribution in [2.75, 3.05) is 20.6 Å². The van der Waals surface area contributed by atoms with E-state index < -0.39 is 14.4 Å². The fourth-order valence-electron chi connectivity index (χ4n) is 4.22. The summed E-state index contributed by atoms with van der Waals surface area (Å²) in [5, 5.41) is 12.3. The van der Waals surface area contributed by atoms with Crippen LogP contribution < -0.4 is 10.4 Å². The number of aliphatic imine (C=N–C) groups is 1. The first-order chi connectivity index (χ1) is 16.7. The van der Waals surface area contributed by atoms with E-state index in [0.29, 0.717) is 24.6 Å². The first kappa shape index (κ1) is 25.9. The molecule has 0 aliphatic rings. The van der Waals surface area contributed by atoms with Crippen molar-refractivity contribution in [1.82, 2.24) is 14.5 Å². The molecule has 0 fully saturated rings. The third-order valence-electron chi connectivity index (χ3n) is 5.78. The molecule has 0 N–H and O–H groups in total. The Kier molecular flexibility index (Phi) is 8.24. The van der Waals surface area contributed by atoms with Gasteiger partial charge in [-0.1, -0.05) is 81.4 Å². The van der Waals surface area contributed by atoms with Gasteiger partial charge < -0.3 is 18.7 Å². The molecule has 8 heteroatoms. The zero-order valence-corrected chi connectivity index (χ0v) is 22.0. The minimum Gasteiger partial charge on any atom is -0.387 e. The van der Waals surface area contributed by atoms with Gasteiger partial charge in [-0.25, -0.2) is 16.5 Å². The molecule has 1 heterocycles. The monoisotopic (exact) mass is 484 g/mol. The zero-order chi connectivity index (χ0) is 25.5. The molecule has 1 atom stereocenters. The average Bonchev–Trinajstić information content (AvgIpc) is 3.25. The third kappa shape index (κ3) is 5.51. The van der Waals surface area contributed by atoms with Gasteiger partial charge in [0.1, 0.15) is 11.8 Å². The van der Waals surface area contributed by atoms with E-state index in [1.54, 1.807) is 12.7 Å². The molecule has 0 aliphatic carbocycles. The molecular formula is C27H32N6OSi. The fraction of sp³-hybridized carbons (Fsp3) is 0.333. The molecule has 180 valence electrons. The highest BCUT2D eigenvalue weighted by molar-refractivity contribution is 6.99. The van der Waals surface area contributed by atoms with Crippen LogP contribution in [0.3, 0.4) is 0 Å². The van der Waals surface area contributed by atoms with Gasteiger partial charge in [-0.15, -0.1) is 0 Å². The number of nitriles is 1. The van der Waals surface area contributed by atoms with Crippen molar-refractivity contribution in [2.45, 2.75) is 38.5 Å². The molecule has 0 saturated heterocycles. The van der Waals surface area contributed by atoms with Crippen LogP contribution in [0.5, 0.6) is 0 Å². The predicted octanol–water partition coefficient (Wildman–Crippen LogP) is 4.17. The molecule has 1 aromatic heterocycles. The van der Waals surface area contributed by atoms with E-state index in [1.165, 1.54) is 0 Å². The summed E-state index contributed by atoms with van der Waals surface area (Å²) in [6.07, 6.45) is 2.37. The maximum Gasteiger partial charge on any atom is 0.263 e. The second-order valence-corrected chi connectivity index (χ2v) is 13.8. The normalized spacial score (nSPS) is 12.8. The Hall–Kier alpha value is -3.72. The summed E-state index contributed by atoms with van der Waals surface area (Å²) in [5.41, 5.74) is 0.462.